The van der Waals surface area contributed by atoms with Gasteiger partial charge in [-0.05, 0) is 37.6 Å². The van der Waals surface area contributed by atoms with E-state index in [4.69, 9.17) is 10.00 Å². The number of likely N-dealkylation sites (tertiary alicyclic amines) is 1. The van der Waals surface area contributed by atoms with E-state index >= 15 is 0 Å². The molecule has 1 aliphatic heterocycles. The molecule has 1 saturated heterocycles. The zero-order valence-electron chi connectivity index (χ0n) is 12.3. The van der Waals surface area contributed by atoms with Crippen molar-refractivity contribution in [1.29, 1.82) is 5.26 Å². The number of methoxy groups -OCH3 is 1. The molecule has 0 aromatic heterocycles. The predicted octanol–water partition coefficient (Wildman–Crippen LogP) is 1.15. The number of ether oxygens (including phenoxy) is 1. The third kappa shape index (κ3) is 4.46. The molecule has 0 bridgehead atoms. The average Bonchev–Trinajstić information content (AvgIpc) is 2.37. The maximum Gasteiger partial charge on any atom is 0.305 e. The van der Waals surface area contributed by atoms with Crippen molar-refractivity contribution < 1.29 is 9.53 Å². The molecule has 1 N–H and O–H groups in total. The topological polar surface area (TPSA) is 65.4 Å². The predicted molar refractivity (Wildman–Crippen MR) is 75.9 cm³/mol. The van der Waals surface area contributed by atoms with Crippen molar-refractivity contribution in [2.24, 2.45) is 11.8 Å². The van der Waals surface area contributed by atoms with Crippen molar-refractivity contribution in [3.8, 4) is 6.07 Å². The summed E-state index contributed by atoms with van der Waals surface area (Å²) in [5.74, 6) is 0.982. The Bertz CT molecular complexity index is 363. The summed E-state index contributed by atoms with van der Waals surface area (Å²) in [7, 11) is 1.44. The first-order valence-electron chi connectivity index (χ1n) is 7.60. The maximum atomic E-state index is 11.4. The van der Waals surface area contributed by atoms with Crippen molar-refractivity contribution >= 4 is 5.97 Å². The summed E-state index contributed by atoms with van der Waals surface area (Å²) in [6.45, 7) is 3.26. The number of nitrogens with zero attached hydrogens (tertiary/aromatic N) is 2. The summed E-state index contributed by atoms with van der Waals surface area (Å²) in [6, 6.07) is 2.61. The van der Waals surface area contributed by atoms with E-state index in [1.54, 1.807) is 0 Å². The zero-order valence-corrected chi connectivity index (χ0v) is 12.3. The Labute approximate surface area is 121 Å². The summed E-state index contributed by atoms with van der Waals surface area (Å²) < 4.78 is 4.77. The van der Waals surface area contributed by atoms with Crippen LogP contribution in [0, 0.1) is 23.2 Å². The quantitative estimate of drug-likeness (QED) is 0.584. The second-order valence-electron chi connectivity index (χ2n) is 6.14. The largest absolute Gasteiger partial charge is 0.469 e. The second-order valence-corrected chi connectivity index (χ2v) is 6.14. The molecule has 1 aliphatic carbocycles. The van der Waals surface area contributed by atoms with Crippen LogP contribution in [-0.2, 0) is 9.53 Å². The van der Waals surface area contributed by atoms with Gasteiger partial charge in [0, 0.05) is 25.6 Å². The minimum absolute atomic E-state index is 0.147. The van der Waals surface area contributed by atoms with Crippen LogP contribution in [0.3, 0.4) is 0 Å². The zero-order chi connectivity index (χ0) is 14.4. The van der Waals surface area contributed by atoms with Crippen molar-refractivity contribution in [3.63, 3.8) is 0 Å². The van der Waals surface area contributed by atoms with Gasteiger partial charge < -0.3 is 10.1 Å². The third-order valence-electron chi connectivity index (χ3n) is 4.51. The number of hydrogen-bond acceptors (Lipinski definition) is 5. The van der Waals surface area contributed by atoms with E-state index < -0.39 is 0 Å². The lowest BCUT2D eigenvalue weighted by Gasteiger charge is -2.38. The molecule has 0 aromatic carbocycles. The third-order valence-corrected chi connectivity index (χ3v) is 4.51. The molecule has 2 aliphatic rings. The SMILES string of the molecule is COC(=O)CC1CC(NCC2CCC2)CN(CC#N)C1. The number of nitriles is 1. The van der Waals surface area contributed by atoms with Crippen LogP contribution in [0.5, 0.6) is 0 Å². The molecule has 0 spiro atoms. The highest BCUT2D eigenvalue weighted by Gasteiger charge is 2.29. The molecule has 112 valence electrons. The normalized spacial score (nSPS) is 27.6. The minimum atomic E-state index is -0.147. The lowest BCUT2D eigenvalue weighted by molar-refractivity contribution is -0.142. The van der Waals surface area contributed by atoms with Gasteiger partial charge in [0.1, 0.15) is 0 Å². The van der Waals surface area contributed by atoms with Crippen molar-refractivity contribution in [3.05, 3.63) is 0 Å². The first-order valence-corrected chi connectivity index (χ1v) is 7.60. The van der Waals surface area contributed by atoms with Gasteiger partial charge >= 0.3 is 5.97 Å². The van der Waals surface area contributed by atoms with Crippen LogP contribution in [0.15, 0.2) is 0 Å². The maximum absolute atomic E-state index is 11.4. The van der Waals surface area contributed by atoms with Gasteiger partial charge in [-0.15, -0.1) is 0 Å². The van der Waals surface area contributed by atoms with Gasteiger partial charge in [0.15, 0.2) is 0 Å². The fourth-order valence-electron chi connectivity index (χ4n) is 3.18. The summed E-state index contributed by atoms with van der Waals surface area (Å²) in [6.07, 6.45) is 5.51. The van der Waals surface area contributed by atoms with E-state index in [-0.39, 0.29) is 5.97 Å². The van der Waals surface area contributed by atoms with Crippen molar-refractivity contribution in [1.82, 2.24) is 10.2 Å². The average molecular weight is 279 g/mol. The Kier molecular flexibility index (Phi) is 5.81. The number of nitrogens with one attached hydrogen (secondary N) is 1. The summed E-state index contributed by atoms with van der Waals surface area (Å²) in [5, 5.41) is 12.5. The van der Waals surface area contributed by atoms with Crippen LogP contribution in [0.1, 0.15) is 32.1 Å². The van der Waals surface area contributed by atoms with Crippen LogP contribution < -0.4 is 5.32 Å². The Balaban J connectivity index is 1.82. The molecule has 0 amide bonds. The highest BCUT2D eigenvalue weighted by atomic mass is 16.5. The molecule has 20 heavy (non-hydrogen) atoms. The molecular weight excluding hydrogens is 254 g/mol. The van der Waals surface area contributed by atoms with E-state index in [2.05, 4.69) is 16.3 Å². The molecule has 1 saturated carbocycles. The fraction of sp³-hybridized carbons (Fsp3) is 0.867. The molecule has 2 unspecified atom stereocenters. The molecule has 0 radical (unpaired) electrons. The lowest BCUT2D eigenvalue weighted by atomic mass is 9.84. The number of carbonyl (C=O) groups excluding carboxylic acids is 1. The van der Waals surface area contributed by atoms with Crippen LogP contribution in [0.2, 0.25) is 0 Å². The van der Waals surface area contributed by atoms with E-state index in [0.29, 0.717) is 24.9 Å². The fourth-order valence-corrected chi connectivity index (χ4v) is 3.18. The Morgan fingerprint density at radius 1 is 1.40 bits per heavy atom. The van der Waals surface area contributed by atoms with E-state index in [1.807, 2.05) is 0 Å². The molecule has 2 rings (SSSR count). The van der Waals surface area contributed by atoms with Gasteiger partial charge in [-0.2, -0.15) is 5.26 Å². The molecule has 0 aromatic rings. The first-order chi connectivity index (χ1) is 9.71. The molecule has 5 heteroatoms. The summed E-state index contributed by atoms with van der Waals surface area (Å²) in [4.78, 5) is 13.6. The second kappa shape index (κ2) is 7.61. The van der Waals surface area contributed by atoms with Gasteiger partial charge in [0.25, 0.3) is 0 Å². The van der Waals surface area contributed by atoms with Gasteiger partial charge in [-0.3, -0.25) is 9.69 Å². The van der Waals surface area contributed by atoms with E-state index in [9.17, 15) is 4.79 Å². The van der Waals surface area contributed by atoms with Crippen LogP contribution >= 0.6 is 0 Å². The highest BCUT2D eigenvalue weighted by molar-refractivity contribution is 5.69. The summed E-state index contributed by atoms with van der Waals surface area (Å²) in [5.41, 5.74) is 0. The summed E-state index contributed by atoms with van der Waals surface area (Å²) >= 11 is 0. The number of carbonyl (C=O) groups is 1. The Morgan fingerprint density at radius 3 is 2.80 bits per heavy atom. The molecular formula is C15H25N3O2. The number of esters is 1. The monoisotopic (exact) mass is 279 g/mol. The van der Waals surface area contributed by atoms with Gasteiger partial charge in [0.05, 0.1) is 19.7 Å². The first kappa shape index (κ1) is 15.3. The van der Waals surface area contributed by atoms with Gasteiger partial charge in [-0.25, -0.2) is 0 Å². The Hall–Kier alpha value is -1.12. The van der Waals surface area contributed by atoms with Crippen molar-refractivity contribution in [2.75, 3.05) is 33.3 Å². The van der Waals surface area contributed by atoms with Gasteiger partial charge in [-0.1, -0.05) is 6.42 Å². The molecule has 5 nitrogen and oxygen atoms in total. The molecule has 1 heterocycles. The van der Waals surface area contributed by atoms with Crippen LogP contribution in [0.4, 0.5) is 0 Å². The number of rotatable bonds is 6. The van der Waals surface area contributed by atoms with E-state index in [1.165, 1.54) is 26.4 Å². The standard InChI is InChI=1S/C15H25N3O2/c1-20-15(19)8-13-7-14(11-18(10-13)6-5-16)17-9-12-3-2-4-12/h12-14,17H,2-4,6-11H2,1H3. The van der Waals surface area contributed by atoms with Crippen LogP contribution in [-0.4, -0.2) is 50.2 Å². The minimum Gasteiger partial charge on any atom is -0.469 e. The molecule has 2 atom stereocenters. The molecule has 2 fully saturated rings. The van der Waals surface area contributed by atoms with Gasteiger partial charge in [0.2, 0.25) is 0 Å². The van der Waals surface area contributed by atoms with Crippen molar-refractivity contribution in [2.45, 2.75) is 38.1 Å². The Morgan fingerprint density at radius 2 is 2.20 bits per heavy atom. The number of hydrogen-bond donors (Lipinski definition) is 1. The van der Waals surface area contributed by atoms with E-state index in [0.717, 1.165) is 32.0 Å². The smallest absolute Gasteiger partial charge is 0.305 e. The lowest BCUT2D eigenvalue weighted by Crippen LogP contribution is -2.50. The highest BCUT2D eigenvalue weighted by Crippen LogP contribution is 2.26. The number of piperidine rings is 1. The van der Waals surface area contributed by atoms with Crippen LogP contribution in [0.25, 0.3) is 0 Å².